The molecule has 0 saturated carbocycles. The van der Waals surface area contributed by atoms with Gasteiger partial charge in [0.25, 0.3) is 20.2 Å². The van der Waals surface area contributed by atoms with Gasteiger partial charge in [0.15, 0.2) is 0 Å². The summed E-state index contributed by atoms with van der Waals surface area (Å²) in [6, 6.07) is 7.49. The van der Waals surface area contributed by atoms with Crippen molar-refractivity contribution in [3.63, 3.8) is 0 Å². The van der Waals surface area contributed by atoms with Gasteiger partial charge in [0.1, 0.15) is 0 Å². The third-order valence-electron chi connectivity index (χ3n) is 2.38. The molecule has 0 bridgehead atoms. The summed E-state index contributed by atoms with van der Waals surface area (Å²) in [5, 5.41) is 0.857. The summed E-state index contributed by atoms with van der Waals surface area (Å²) in [7, 11) is -8.71. The van der Waals surface area contributed by atoms with Gasteiger partial charge in [0, 0.05) is 0 Å². The quantitative estimate of drug-likeness (QED) is 0.408. The minimum absolute atomic E-state index is 0. The first kappa shape index (κ1) is 24.8. The van der Waals surface area contributed by atoms with E-state index in [1.54, 1.807) is 0 Å². The Morgan fingerprint density at radius 3 is 1.24 bits per heavy atom. The van der Waals surface area contributed by atoms with E-state index in [9.17, 15) is 16.8 Å². The first-order valence-corrected chi connectivity index (χ1v) is 7.55. The first-order valence-electron chi connectivity index (χ1n) is 4.67. The second kappa shape index (κ2) is 9.12. The van der Waals surface area contributed by atoms with Crippen LogP contribution in [0.1, 0.15) is 0 Å². The van der Waals surface area contributed by atoms with E-state index >= 15 is 0 Å². The molecule has 0 aliphatic rings. The molecular formula is C10H8Na3O6S2+3. The van der Waals surface area contributed by atoms with Crippen LogP contribution in [0.15, 0.2) is 46.2 Å². The molecule has 0 amide bonds. The summed E-state index contributed by atoms with van der Waals surface area (Å²) >= 11 is 0. The molecule has 2 N–H and O–H groups in total. The Morgan fingerprint density at radius 2 is 0.952 bits per heavy atom. The Morgan fingerprint density at radius 1 is 0.619 bits per heavy atom. The van der Waals surface area contributed by atoms with E-state index in [0.717, 1.165) is 12.1 Å². The predicted octanol–water partition coefficient (Wildman–Crippen LogP) is -7.65. The van der Waals surface area contributed by atoms with Crippen LogP contribution in [0, 0.1) is 0 Å². The van der Waals surface area contributed by atoms with Crippen LogP contribution in [0.5, 0.6) is 0 Å². The Balaban J connectivity index is 0. The third-order valence-corrected chi connectivity index (χ3v) is 4.08. The molecule has 0 aromatic heterocycles. The molecule has 2 aromatic carbocycles. The van der Waals surface area contributed by atoms with Crippen LogP contribution in [0.3, 0.4) is 0 Å². The van der Waals surface area contributed by atoms with Crippen molar-refractivity contribution in [2.24, 2.45) is 0 Å². The average Bonchev–Trinajstić information content (AvgIpc) is 2.25. The molecule has 0 aliphatic heterocycles. The first-order chi connectivity index (χ1) is 8.18. The molecule has 0 fully saturated rings. The molecular weight excluding hydrogens is 349 g/mol. The van der Waals surface area contributed by atoms with E-state index in [-0.39, 0.29) is 104 Å². The Labute approximate surface area is 189 Å². The molecule has 11 heteroatoms. The summed E-state index contributed by atoms with van der Waals surface area (Å²) in [5.74, 6) is 0. The molecule has 0 spiro atoms. The normalized spacial score (nSPS) is 11.0. The molecule has 0 heterocycles. The van der Waals surface area contributed by atoms with Crippen LogP contribution in [0.2, 0.25) is 0 Å². The van der Waals surface area contributed by atoms with Crippen LogP contribution >= 0.6 is 0 Å². The zero-order valence-electron chi connectivity index (χ0n) is 11.8. The topological polar surface area (TPSA) is 109 Å². The van der Waals surface area contributed by atoms with Gasteiger partial charge in [-0.05, 0) is 35.0 Å². The molecule has 0 aliphatic carbocycles. The fourth-order valence-electron chi connectivity index (χ4n) is 1.52. The standard InChI is InChI=1S/C10H8O6S2.3Na/c11-17(12,13)9-3-1-7-2-4-10(18(14,15)16)6-8(7)5-9;;;/h1-6H,(H,11,12,13)(H,14,15,16);;;/q;3*+1. The van der Waals surface area contributed by atoms with E-state index in [1.807, 2.05) is 0 Å². The molecule has 0 atom stereocenters. The van der Waals surface area contributed by atoms with Gasteiger partial charge in [-0.2, -0.15) is 16.8 Å². The number of fused-ring (bicyclic) bond motifs is 1. The van der Waals surface area contributed by atoms with Crippen molar-refractivity contribution >= 4 is 31.0 Å². The Kier molecular flexibility index (Phi) is 10.8. The molecule has 6 nitrogen and oxygen atoms in total. The summed E-state index contributed by atoms with van der Waals surface area (Å²) < 4.78 is 61.5. The molecule has 96 valence electrons. The van der Waals surface area contributed by atoms with E-state index in [1.165, 1.54) is 24.3 Å². The van der Waals surface area contributed by atoms with E-state index in [0.29, 0.717) is 5.39 Å². The van der Waals surface area contributed by atoms with Crippen LogP contribution in [0.25, 0.3) is 10.8 Å². The Hall–Kier alpha value is 1.52. The van der Waals surface area contributed by atoms with Gasteiger partial charge in [-0.15, -0.1) is 0 Å². The van der Waals surface area contributed by atoms with E-state index < -0.39 is 20.2 Å². The largest absolute Gasteiger partial charge is 1.00 e. The van der Waals surface area contributed by atoms with Crippen molar-refractivity contribution in [2.45, 2.75) is 9.79 Å². The SMILES string of the molecule is O=S(=O)(O)c1ccc2ccc(S(=O)(=O)O)cc2c1.[Na+].[Na+].[Na+]. The zero-order valence-corrected chi connectivity index (χ0v) is 19.4. The maximum Gasteiger partial charge on any atom is 1.00 e. The van der Waals surface area contributed by atoms with Crippen molar-refractivity contribution in [3.05, 3.63) is 36.4 Å². The molecule has 21 heavy (non-hydrogen) atoms. The fraction of sp³-hybridized carbons (Fsp3) is 0. The molecule has 0 unspecified atom stereocenters. The van der Waals surface area contributed by atoms with E-state index in [2.05, 4.69) is 0 Å². The third kappa shape index (κ3) is 6.50. The molecule has 0 saturated heterocycles. The fourth-order valence-corrected chi connectivity index (χ4v) is 2.56. The monoisotopic (exact) mass is 357 g/mol. The van der Waals surface area contributed by atoms with Crippen LogP contribution in [-0.2, 0) is 20.2 Å². The summed E-state index contributed by atoms with van der Waals surface area (Å²) in [5.41, 5.74) is 0. The summed E-state index contributed by atoms with van der Waals surface area (Å²) in [6.07, 6.45) is 0. The minimum atomic E-state index is -4.35. The summed E-state index contributed by atoms with van der Waals surface area (Å²) in [4.78, 5) is -0.690. The zero-order chi connectivity index (χ0) is 13.6. The van der Waals surface area contributed by atoms with Crippen LogP contribution < -0.4 is 88.7 Å². The van der Waals surface area contributed by atoms with Crippen LogP contribution in [-0.4, -0.2) is 25.9 Å². The minimum Gasteiger partial charge on any atom is -0.282 e. The molecule has 2 aromatic rings. The summed E-state index contributed by atoms with van der Waals surface area (Å²) in [6.45, 7) is 0. The average molecular weight is 357 g/mol. The molecule has 0 radical (unpaired) electrons. The number of hydrogen-bond donors (Lipinski definition) is 2. The maximum absolute atomic E-state index is 10.9. The van der Waals surface area contributed by atoms with Gasteiger partial charge in [0.05, 0.1) is 9.79 Å². The van der Waals surface area contributed by atoms with Crippen molar-refractivity contribution in [2.75, 3.05) is 0 Å². The van der Waals surface area contributed by atoms with Crippen molar-refractivity contribution in [3.8, 4) is 0 Å². The second-order valence-electron chi connectivity index (χ2n) is 3.62. The number of rotatable bonds is 2. The van der Waals surface area contributed by atoms with Crippen molar-refractivity contribution < 1.29 is 115 Å². The van der Waals surface area contributed by atoms with Gasteiger partial charge in [0.2, 0.25) is 0 Å². The Bertz CT molecular complexity index is 766. The number of hydrogen-bond acceptors (Lipinski definition) is 4. The van der Waals surface area contributed by atoms with Gasteiger partial charge < -0.3 is 0 Å². The van der Waals surface area contributed by atoms with Gasteiger partial charge in [-0.3, -0.25) is 9.11 Å². The van der Waals surface area contributed by atoms with E-state index in [4.69, 9.17) is 9.11 Å². The van der Waals surface area contributed by atoms with Gasteiger partial charge in [-0.1, -0.05) is 12.1 Å². The second-order valence-corrected chi connectivity index (χ2v) is 6.46. The van der Waals surface area contributed by atoms with Crippen LogP contribution in [0.4, 0.5) is 0 Å². The smallest absolute Gasteiger partial charge is 0.282 e. The molecule has 2 rings (SSSR count). The predicted molar refractivity (Wildman–Crippen MR) is 63.6 cm³/mol. The number of benzene rings is 2. The van der Waals surface area contributed by atoms with Gasteiger partial charge >= 0.3 is 88.7 Å². The van der Waals surface area contributed by atoms with Crippen molar-refractivity contribution in [1.82, 2.24) is 0 Å². The van der Waals surface area contributed by atoms with Crippen molar-refractivity contribution in [1.29, 1.82) is 0 Å². The van der Waals surface area contributed by atoms with Gasteiger partial charge in [-0.25, -0.2) is 0 Å². The maximum atomic E-state index is 10.9.